The second kappa shape index (κ2) is 10.3. The Labute approximate surface area is 207 Å². The van der Waals surface area contributed by atoms with Crippen molar-refractivity contribution < 1.29 is 28.2 Å². The molecule has 1 aromatic carbocycles. The van der Waals surface area contributed by atoms with Gasteiger partial charge in [0.05, 0.1) is 25.4 Å². The molecule has 1 aliphatic heterocycles. The van der Waals surface area contributed by atoms with Crippen LogP contribution in [0.2, 0.25) is 0 Å². The number of amides is 1. The Balaban J connectivity index is 1.58. The Hall–Kier alpha value is -2.41. The van der Waals surface area contributed by atoms with E-state index < -0.39 is 23.7 Å². The van der Waals surface area contributed by atoms with Crippen LogP contribution in [0, 0.1) is 17.2 Å². The van der Waals surface area contributed by atoms with Crippen LogP contribution in [-0.4, -0.2) is 56.3 Å². The normalized spacial score (nSPS) is 28.8. The van der Waals surface area contributed by atoms with E-state index in [0.717, 1.165) is 44.1 Å². The molecular weight excluding hydrogens is 449 g/mol. The summed E-state index contributed by atoms with van der Waals surface area (Å²) in [4.78, 5) is 27.1. The summed E-state index contributed by atoms with van der Waals surface area (Å²) in [5.74, 6) is -0.331. The van der Waals surface area contributed by atoms with Crippen molar-refractivity contribution in [3.63, 3.8) is 0 Å². The average molecular weight is 488 g/mol. The Kier molecular flexibility index (Phi) is 7.55. The van der Waals surface area contributed by atoms with Crippen LogP contribution < -0.4 is 4.74 Å². The van der Waals surface area contributed by atoms with E-state index in [1.54, 1.807) is 6.07 Å². The molecule has 4 rings (SSSR count). The molecule has 0 aromatic heterocycles. The number of esters is 1. The van der Waals surface area contributed by atoms with E-state index in [2.05, 4.69) is 20.4 Å². The highest BCUT2D eigenvalue weighted by Crippen LogP contribution is 2.48. The lowest BCUT2D eigenvalue weighted by atomic mass is 9.67. The van der Waals surface area contributed by atoms with Crippen LogP contribution in [0.3, 0.4) is 0 Å². The van der Waals surface area contributed by atoms with E-state index in [-0.39, 0.29) is 29.5 Å². The Morgan fingerprint density at radius 3 is 2.60 bits per heavy atom. The second-order valence-corrected chi connectivity index (χ2v) is 10.8. The number of nitrogens with zero attached hydrogens (tertiary/aromatic N) is 1. The van der Waals surface area contributed by atoms with Crippen LogP contribution >= 0.6 is 0 Å². The van der Waals surface area contributed by atoms with Crippen LogP contribution in [0.1, 0.15) is 80.6 Å². The Bertz CT molecular complexity index is 990. The molecule has 0 spiro atoms. The van der Waals surface area contributed by atoms with Gasteiger partial charge in [-0.3, -0.25) is 4.79 Å². The molecule has 1 saturated heterocycles. The van der Waals surface area contributed by atoms with Crippen LogP contribution in [0.25, 0.3) is 0 Å². The number of benzene rings is 1. The van der Waals surface area contributed by atoms with Gasteiger partial charge in [0.15, 0.2) is 0 Å². The monoisotopic (exact) mass is 487 g/mol. The van der Waals surface area contributed by atoms with Gasteiger partial charge in [-0.2, -0.15) is 0 Å². The van der Waals surface area contributed by atoms with Gasteiger partial charge in [-0.15, -0.1) is 0 Å². The first-order chi connectivity index (χ1) is 16.7. The number of rotatable bonds is 8. The molecule has 6 nitrogen and oxygen atoms in total. The summed E-state index contributed by atoms with van der Waals surface area (Å²) in [7, 11) is 2.82. The van der Waals surface area contributed by atoms with Crippen LogP contribution in [0.15, 0.2) is 24.3 Å². The predicted octanol–water partition coefficient (Wildman–Crippen LogP) is 5.26. The van der Waals surface area contributed by atoms with Gasteiger partial charge in [-0.25, -0.2) is 9.18 Å². The van der Waals surface area contributed by atoms with Gasteiger partial charge in [0.2, 0.25) is 0 Å². The second-order valence-electron chi connectivity index (χ2n) is 10.8. The molecule has 3 aliphatic rings. The zero-order chi connectivity index (χ0) is 25.3. The SMILES string of the molecule is C=C1CC(C)CC(CC)(COc2cc(F)c(C(=O)N3C[C@H](OC)C[C@H]3C(=O)OC)cc2C2CC2)C1. The number of carbonyl (C=O) groups excluding carboxylic acids is 2. The highest BCUT2D eigenvalue weighted by Gasteiger charge is 2.42. The summed E-state index contributed by atoms with van der Waals surface area (Å²) < 4.78 is 32.0. The van der Waals surface area contributed by atoms with E-state index in [1.165, 1.54) is 30.8 Å². The van der Waals surface area contributed by atoms with Crippen molar-refractivity contribution in [2.24, 2.45) is 11.3 Å². The van der Waals surface area contributed by atoms with E-state index in [4.69, 9.17) is 14.2 Å². The van der Waals surface area contributed by atoms with Crippen LogP contribution in [0.4, 0.5) is 4.39 Å². The minimum absolute atomic E-state index is 0.00100. The van der Waals surface area contributed by atoms with Crippen molar-refractivity contribution in [3.05, 3.63) is 41.2 Å². The molecule has 1 amide bonds. The molecule has 0 bridgehead atoms. The summed E-state index contributed by atoms with van der Waals surface area (Å²) in [6.45, 7) is 9.39. The predicted molar refractivity (Wildman–Crippen MR) is 131 cm³/mol. The maximum Gasteiger partial charge on any atom is 0.328 e. The van der Waals surface area contributed by atoms with Gasteiger partial charge < -0.3 is 19.1 Å². The van der Waals surface area contributed by atoms with Crippen molar-refractivity contribution in [2.45, 2.75) is 76.9 Å². The molecular formula is C28H38FNO5. The lowest BCUT2D eigenvalue weighted by molar-refractivity contribution is -0.145. The molecule has 2 saturated carbocycles. The molecule has 0 N–H and O–H groups in total. The largest absolute Gasteiger partial charge is 0.493 e. The maximum atomic E-state index is 15.4. The number of methoxy groups -OCH3 is 2. The van der Waals surface area contributed by atoms with Gasteiger partial charge in [0.25, 0.3) is 5.91 Å². The fourth-order valence-electron chi connectivity index (χ4n) is 5.97. The molecule has 1 heterocycles. The topological polar surface area (TPSA) is 65.1 Å². The fraction of sp³-hybridized carbons (Fsp3) is 0.643. The summed E-state index contributed by atoms with van der Waals surface area (Å²) in [6, 6.07) is 2.21. The number of likely N-dealkylation sites (tertiary alicyclic amines) is 1. The first-order valence-corrected chi connectivity index (χ1v) is 12.7. The summed E-state index contributed by atoms with van der Waals surface area (Å²) in [5, 5.41) is 0. The smallest absolute Gasteiger partial charge is 0.328 e. The van der Waals surface area contributed by atoms with Gasteiger partial charge >= 0.3 is 5.97 Å². The third-order valence-electron chi connectivity index (χ3n) is 8.00. The van der Waals surface area contributed by atoms with Crippen molar-refractivity contribution in [3.8, 4) is 5.75 Å². The first-order valence-electron chi connectivity index (χ1n) is 12.7. The molecule has 1 aromatic rings. The van der Waals surface area contributed by atoms with Crippen molar-refractivity contribution in [1.29, 1.82) is 0 Å². The number of hydrogen-bond acceptors (Lipinski definition) is 5. The van der Waals surface area contributed by atoms with E-state index in [1.807, 2.05) is 0 Å². The van der Waals surface area contributed by atoms with E-state index >= 15 is 4.39 Å². The van der Waals surface area contributed by atoms with E-state index in [0.29, 0.717) is 24.7 Å². The van der Waals surface area contributed by atoms with Crippen LogP contribution in [0.5, 0.6) is 5.75 Å². The van der Waals surface area contributed by atoms with Crippen LogP contribution in [-0.2, 0) is 14.3 Å². The third-order valence-corrected chi connectivity index (χ3v) is 8.00. The quantitative estimate of drug-likeness (QED) is 0.370. The van der Waals surface area contributed by atoms with Gasteiger partial charge in [0, 0.05) is 31.6 Å². The number of ether oxygens (including phenoxy) is 3. The summed E-state index contributed by atoms with van der Waals surface area (Å²) in [6.07, 6.45) is 6.02. The molecule has 2 unspecified atom stereocenters. The summed E-state index contributed by atoms with van der Waals surface area (Å²) in [5.41, 5.74) is 2.10. The molecule has 3 fully saturated rings. The van der Waals surface area contributed by atoms with Crippen molar-refractivity contribution in [1.82, 2.24) is 4.90 Å². The molecule has 4 atom stereocenters. The Morgan fingerprint density at radius 2 is 2.00 bits per heavy atom. The molecule has 192 valence electrons. The fourth-order valence-corrected chi connectivity index (χ4v) is 5.97. The number of allylic oxidation sites excluding steroid dienone is 1. The minimum Gasteiger partial charge on any atom is -0.493 e. The first kappa shape index (κ1) is 25.7. The number of carbonyl (C=O) groups is 2. The zero-order valence-electron chi connectivity index (χ0n) is 21.4. The third kappa shape index (κ3) is 5.40. The average Bonchev–Trinajstić information content (AvgIpc) is 3.58. The van der Waals surface area contributed by atoms with Gasteiger partial charge in [0.1, 0.15) is 17.6 Å². The lowest BCUT2D eigenvalue weighted by Gasteiger charge is -2.40. The van der Waals surface area contributed by atoms with Crippen molar-refractivity contribution >= 4 is 11.9 Å². The number of hydrogen-bond donors (Lipinski definition) is 0. The maximum absolute atomic E-state index is 15.4. The minimum atomic E-state index is -0.789. The Morgan fingerprint density at radius 1 is 1.26 bits per heavy atom. The standard InChI is InChI=1S/C28H38FNO5/c1-6-28(13-17(2)9-18(3)14-28)16-35-25-12-23(29)22(11-21(25)19-7-8-19)26(31)30-15-20(33-4)10-24(30)27(32)34-5/h11-12,18-20,24H,2,6-10,13-16H2,1,3-5H3/t18?,20-,24+,28?/m1/s1. The number of halogens is 1. The molecule has 2 aliphatic carbocycles. The zero-order valence-corrected chi connectivity index (χ0v) is 21.4. The molecule has 7 heteroatoms. The lowest BCUT2D eigenvalue weighted by Crippen LogP contribution is -2.41. The van der Waals surface area contributed by atoms with Crippen molar-refractivity contribution in [2.75, 3.05) is 27.4 Å². The summed E-state index contributed by atoms with van der Waals surface area (Å²) >= 11 is 0. The van der Waals surface area contributed by atoms with Gasteiger partial charge in [-0.05, 0) is 62.0 Å². The van der Waals surface area contributed by atoms with E-state index in [9.17, 15) is 9.59 Å². The highest BCUT2D eigenvalue weighted by molar-refractivity contribution is 5.98. The highest BCUT2D eigenvalue weighted by atomic mass is 19.1. The molecule has 35 heavy (non-hydrogen) atoms. The molecule has 0 radical (unpaired) electrons. The van der Waals surface area contributed by atoms with Gasteiger partial charge in [-0.1, -0.05) is 26.0 Å².